The van der Waals surface area contributed by atoms with E-state index in [1.165, 1.54) is 19.4 Å². The predicted octanol–water partition coefficient (Wildman–Crippen LogP) is 2.82. The quantitative estimate of drug-likeness (QED) is 0.863. The van der Waals surface area contributed by atoms with Crippen LogP contribution in [-0.4, -0.2) is 5.91 Å². The van der Waals surface area contributed by atoms with E-state index in [1.54, 1.807) is 18.2 Å². The Kier molecular flexibility index (Phi) is 3.01. The number of amides is 1. The Morgan fingerprint density at radius 3 is 2.62 bits per heavy atom. The summed E-state index contributed by atoms with van der Waals surface area (Å²) < 4.78 is 10.3. The molecular formula is C11H10ClNO3. The van der Waals surface area contributed by atoms with Gasteiger partial charge in [-0.2, -0.15) is 0 Å². The van der Waals surface area contributed by atoms with Crippen LogP contribution in [0.2, 0.25) is 5.02 Å². The summed E-state index contributed by atoms with van der Waals surface area (Å²) in [5, 5.41) is 3.13. The van der Waals surface area contributed by atoms with Gasteiger partial charge in [0.25, 0.3) is 6.29 Å². The third-order valence-corrected chi connectivity index (χ3v) is 2.36. The van der Waals surface area contributed by atoms with Gasteiger partial charge in [-0.25, -0.2) is 0 Å². The Bertz CT molecular complexity index is 437. The first-order valence-corrected chi connectivity index (χ1v) is 5.07. The SMILES string of the molecule is CC(=O)Nc1ccc(C2OC=CO2)c(Cl)c1. The standard InChI is InChI=1S/C11H10ClNO3/c1-7(14)13-8-2-3-9(10(12)6-8)11-15-4-5-16-11/h2-6,11H,1H3,(H,13,14). The molecule has 0 saturated carbocycles. The molecule has 84 valence electrons. The zero-order valence-electron chi connectivity index (χ0n) is 8.57. The summed E-state index contributed by atoms with van der Waals surface area (Å²) in [5.74, 6) is -0.140. The minimum atomic E-state index is -0.501. The van der Waals surface area contributed by atoms with Gasteiger partial charge in [0, 0.05) is 12.6 Å². The molecule has 1 aromatic carbocycles. The molecule has 16 heavy (non-hydrogen) atoms. The number of carbonyl (C=O) groups is 1. The molecule has 0 unspecified atom stereocenters. The first-order valence-electron chi connectivity index (χ1n) is 4.70. The minimum absolute atomic E-state index is 0.140. The predicted molar refractivity (Wildman–Crippen MR) is 59.8 cm³/mol. The van der Waals surface area contributed by atoms with E-state index < -0.39 is 6.29 Å². The van der Waals surface area contributed by atoms with Gasteiger partial charge in [-0.3, -0.25) is 4.79 Å². The van der Waals surface area contributed by atoms with Crippen molar-refractivity contribution >= 4 is 23.2 Å². The summed E-state index contributed by atoms with van der Waals surface area (Å²) in [5.41, 5.74) is 1.37. The smallest absolute Gasteiger partial charge is 0.267 e. The topological polar surface area (TPSA) is 47.6 Å². The fraction of sp³-hybridized carbons (Fsp3) is 0.182. The third kappa shape index (κ3) is 2.28. The molecule has 1 aliphatic rings. The summed E-state index contributed by atoms with van der Waals surface area (Å²) >= 11 is 6.05. The van der Waals surface area contributed by atoms with Crippen LogP contribution in [0.25, 0.3) is 0 Å². The first kappa shape index (κ1) is 10.8. The van der Waals surface area contributed by atoms with E-state index in [0.29, 0.717) is 10.7 Å². The van der Waals surface area contributed by atoms with E-state index in [4.69, 9.17) is 21.1 Å². The summed E-state index contributed by atoms with van der Waals surface area (Å²) in [4.78, 5) is 10.9. The van der Waals surface area contributed by atoms with Crippen LogP contribution in [0, 0.1) is 0 Å². The number of hydrogen-bond acceptors (Lipinski definition) is 3. The number of hydrogen-bond donors (Lipinski definition) is 1. The van der Waals surface area contributed by atoms with Gasteiger partial charge in [0.05, 0.1) is 10.6 Å². The Balaban J connectivity index is 2.19. The molecule has 0 radical (unpaired) electrons. The molecule has 1 N–H and O–H groups in total. The van der Waals surface area contributed by atoms with Crippen molar-refractivity contribution < 1.29 is 14.3 Å². The molecule has 2 rings (SSSR count). The normalized spacial score (nSPS) is 14.4. The van der Waals surface area contributed by atoms with Gasteiger partial charge >= 0.3 is 0 Å². The van der Waals surface area contributed by atoms with Gasteiger partial charge in [0.1, 0.15) is 12.5 Å². The zero-order valence-corrected chi connectivity index (χ0v) is 9.32. The molecule has 1 aliphatic heterocycles. The highest BCUT2D eigenvalue weighted by atomic mass is 35.5. The Morgan fingerprint density at radius 1 is 1.38 bits per heavy atom. The molecule has 0 spiro atoms. The lowest BCUT2D eigenvalue weighted by Gasteiger charge is -2.13. The van der Waals surface area contributed by atoms with Crippen molar-refractivity contribution in [2.24, 2.45) is 0 Å². The summed E-state index contributed by atoms with van der Waals surface area (Å²) in [6.07, 6.45) is 2.42. The molecule has 5 heteroatoms. The maximum atomic E-state index is 10.9. The Hall–Kier alpha value is -1.68. The number of nitrogens with one attached hydrogen (secondary N) is 1. The molecule has 1 heterocycles. The van der Waals surface area contributed by atoms with Gasteiger partial charge in [-0.15, -0.1) is 0 Å². The van der Waals surface area contributed by atoms with Crippen molar-refractivity contribution in [3.63, 3.8) is 0 Å². The van der Waals surface area contributed by atoms with Crippen molar-refractivity contribution in [3.8, 4) is 0 Å². The van der Waals surface area contributed by atoms with Crippen LogP contribution in [-0.2, 0) is 14.3 Å². The van der Waals surface area contributed by atoms with E-state index in [-0.39, 0.29) is 5.91 Å². The third-order valence-electron chi connectivity index (χ3n) is 2.03. The molecule has 0 fully saturated rings. The van der Waals surface area contributed by atoms with E-state index in [1.807, 2.05) is 0 Å². The monoisotopic (exact) mass is 239 g/mol. The van der Waals surface area contributed by atoms with Crippen molar-refractivity contribution in [2.75, 3.05) is 5.32 Å². The van der Waals surface area contributed by atoms with E-state index in [0.717, 1.165) is 5.56 Å². The average molecular weight is 240 g/mol. The van der Waals surface area contributed by atoms with Crippen LogP contribution in [0.3, 0.4) is 0 Å². The summed E-state index contributed by atoms with van der Waals surface area (Å²) in [7, 11) is 0. The van der Waals surface area contributed by atoms with Crippen LogP contribution < -0.4 is 5.32 Å². The van der Waals surface area contributed by atoms with Crippen LogP contribution in [0.4, 0.5) is 5.69 Å². The van der Waals surface area contributed by atoms with Crippen LogP contribution in [0.1, 0.15) is 18.8 Å². The number of benzene rings is 1. The lowest BCUT2D eigenvalue weighted by molar-refractivity contribution is -0.114. The molecule has 0 bridgehead atoms. The molecule has 1 aromatic rings. The van der Waals surface area contributed by atoms with Gasteiger partial charge in [-0.05, 0) is 18.2 Å². The first-order chi connectivity index (χ1) is 7.66. The molecular weight excluding hydrogens is 230 g/mol. The van der Waals surface area contributed by atoms with Gasteiger partial charge in [0.15, 0.2) is 0 Å². The maximum Gasteiger partial charge on any atom is 0.267 e. The van der Waals surface area contributed by atoms with Crippen molar-refractivity contribution in [2.45, 2.75) is 13.2 Å². The second-order valence-corrected chi connectivity index (χ2v) is 3.70. The highest BCUT2D eigenvalue weighted by Crippen LogP contribution is 2.31. The number of carbonyl (C=O) groups excluding carboxylic acids is 1. The Labute approximate surface area is 97.8 Å². The fourth-order valence-electron chi connectivity index (χ4n) is 1.38. The number of halogens is 1. The average Bonchev–Trinajstić information content (AvgIpc) is 2.69. The van der Waals surface area contributed by atoms with Crippen molar-refractivity contribution in [1.29, 1.82) is 0 Å². The van der Waals surface area contributed by atoms with Crippen molar-refractivity contribution in [1.82, 2.24) is 0 Å². The highest BCUT2D eigenvalue weighted by molar-refractivity contribution is 6.31. The number of rotatable bonds is 2. The molecule has 4 nitrogen and oxygen atoms in total. The molecule has 0 saturated heterocycles. The van der Waals surface area contributed by atoms with Gasteiger partial charge in [0.2, 0.25) is 5.91 Å². The fourth-order valence-corrected chi connectivity index (χ4v) is 1.65. The van der Waals surface area contributed by atoms with Crippen LogP contribution in [0.15, 0.2) is 30.7 Å². The zero-order chi connectivity index (χ0) is 11.5. The van der Waals surface area contributed by atoms with E-state index in [2.05, 4.69) is 5.32 Å². The van der Waals surface area contributed by atoms with Crippen LogP contribution >= 0.6 is 11.6 Å². The number of ether oxygens (including phenoxy) is 2. The maximum absolute atomic E-state index is 10.9. The van der Waals surface area contributed by atoms with E-state index in [9.17, 15) is 4.79 Å². The Morgan fingerprint density at radius 2 is 2.06 bits per heavy atom. The molecule has 0 aliphatic carbocycles. The van der Waals surface area contributed by atoms with Crippen molar-refractivity contribution in [3.05, 3.63) is 41.3 Å². The summed E-state index contributed by atoms with van der Waals surface area (Å²) in [6, 6.07) is 5.16. The second kappa shape index (κ2) is 4.45. The number of anilines is 1. The van der Waals surface area contributed by atoms with Crippen LogP contribution in [0.5, 0.6) is 0 Å². The molecule has 0 aromatic heterocycles. The largest absolute Gasteiger partial charge is 0.455 e. The summed E-state index contributed by atoms with van der Waals surface area (Å²) in [6.45, 7) is 1.44. The lowest BCUT2D eigenvalue weighted by Crippen LogP contribution is -2.06. The lowest BCUT2D eigenvalue weighted by atomic mass is 10.2. The molecule has 0 atom stereocenters. The van der Waals surface area contributed by atoms with Gasteiger partial charge < -0.3 is 14.8 Å². The minimum Gasteiger partial charge on any atom is -0.455 e. The highest BCUT2D eigenvalue weighted by Gasteiger charge is 2.18. The van der Waals surface area contributed by atoms with Gasteiger partial charge in [-0.1, -0.05) is 11.6 Å². The molecule has 1 amide bonds. The van der Waals surface area contributed by atoms with E-state index >= 15 is 0 Å². The second-order valence-electron chi connectivity index (χ2n) is 3.29.